The number of hydrogen-bond acceptors (Lipinski definition) is 6. The van der Waals surface area contributed by atoms with Crippen LogP contribution >= 0.6 is 11.8 Å². The molecule has 0 aliphatic rings. The Hall–Kier alpha value is -3.78. The molecule has 7 nitrogen and oxygen atoms in total. The molecule has 0 aromatic heterocycles. The van der Waals surface area contributed by atoms with Gasteiger partial charge in [-0.25, -0.2) is 5.43 Å². The van der Waals surface area contributed by atoms with Crippen molar-refractivity contribution in [1.29, 1.82) is 0 Å². The number of thioether (sulfide) groups is 1. The van der Waals surface area contributed by atoms with E-state index in [1.165, 1.54) is 5.56 Å². The predicted molar refractivity (Wildman–Crippen MR) is 136 cm³/mol. The second-order valence-electron chi connectivity index (χ2n) is 7.28. The maximum absolute atomic E-state index is 12.2. The van der Waals surface area contributed by atoms with Crippen molar-refractivity contribution in [3.8, 4) is 11.5 Å². The number of benzene rings is 3. The first kappa shape index (κ1) is 24.9. The monoisotopic (exact) mass is 477 g/mol. The fourth-order valence-electron chi connectivity index (χ4n) is 2.87. The van der Waals surface area contributed by atoms with Crippen molar-refractivity contribution >= 4 is 35.5 Å². The highest BCUT2D eigenvalue weighted by Gasteiger charge is 2.12. The Morgan fingerprint density at radius 2 is 1.71 bits per heavy atom. The van der Waals surface area contributed by atoms with Gasteiger partial charge in [0.15, 0.2) is 6.61 Å². The average molecular weight is 478 g/mol. The smallest absolute Gasteiger partial charge is 0.262 e. The Morgan fingerprint density at radius 3 is 2.44 bits per heavy atom. The molecule has 0 unspecified atom stereocenters. The number of rotatable bonds is 11. The standard InChI is InChI=1S/C26H27N3O4S/c1-19(34-18-21-8-4-3-5-9-21)26(31)29-27-16-20-12-14-22(15-13-20)33-17-25(30)28-23-10-6-7-11-24(23)32-2/h3-16,19H,17-18H2,1-2H3,(H,28,30)(H,29,31)/b27-16-/t19-/m0/s1. The molecule has 34 heavy (non-hydrogen) atoms. The van der Waals surface area contributed by atoms with Crippen LogP contribution in [0.5, 0.6) is 11.5 Å². The van der Waals surface area contributed by atoms with E-state index in [1.807, 2.05) is 49.4 Å². The number of methoxy groups -OCH3 is 1. The number of nitrogens with one attached hydrogen (secondary N) is 2. The molecule has 0 aliphatic carbocycles. The molecule has 0 bridgehead atoms. The highest BCUT2D eigenvalue weighted by Crippen LogP contribution is 2.23. The van der Waals surface area contributed by atoms with Crippen LogP contribution in [0.25, 0.3) is 0 Å². The summed E-state index contributed by atoms with van der Waals surface area (Å²) in [5.41, 5.74) is 5.12. The van der Waals surface area contributed by atoms with Crippen LogP contribution in [0.3, 0.4) is 0 Å². The first-order chi connectivity index (χ1) is 16.5. The second kappa shape index (κ2) is 13.1. The van der Waals surface area contributed by atoms with Gasteiger partial charge in [-0.3, -0.25) is 9.59 Å². The van der Waals surface area contributed by atoms with Gasteiger partial charge in [-0.2, -0.15) is 5.10 Å². The number of nitrogens with zero attached hydrogens (tertiary/aromatic N) is 1. The number of carbonyl (C=O) groups is 2. The summed E-state index contributed by atoms with van der Waals surface area (Å²) in [6.07, 6.45) is 1.56. The minimum Gasteiger partial charge on any atom is -0.495 e. The molecule has 0 saturated heterocycles. The molecular formula is C26H27N3O4S. The lowest BCUT2D eigenvalue weighted by atomic mass is 10.2. The van der Waals surface area contributed by atoms with E-state index in [9.17, 15) is 9.59 Å². The largest absolute Gasteiger partial charge is 0.495 e. The van der Waals surface area contributed by atoms with Crippen molar-refractivity contribution in [3.63, 3.8) is 0 Å². The van der Waals surface area contributed by atoms with Gasteiger partial charge in [-0.15, -0.1) is 11.8 Å². The summed E-state index contributed by atoms with van der Waals surface area (Å²) >= 11 is 1.55. The number of ether oxygens (including phenoxy) is 2. The van der Waals surface area contributed by atoms with E-state index in [1.54, 1.807) is 61.5 Å². The van der Waals surface area contributed by atoms with Crippen molar-refractivity contribution in [3.05, 3.63) is 90.0 Å². The van der Waals surface area contributed by atoms with Gasteiger partial charge in [0, 0.05) is 5.75 Å². The van der Waals surface area contributed by atoms with E-state index < -0.39 is 0 Å². The Morgan fingerprint density at radius 1 is 1.00 bits per heavy atom. The van der Waals surface area contributed by atoms with Gasteiger partial charge in [0.2, 0.25) is 0 Å². The van der Waals surface area contributed by atoms with Crippen LogP contribution < -0.4 is 20.2 Å². The molecule has 3 aromatic carbocycles. The molecule has 0 aliphatic heterocycles. The highest BCUT2D eigenvalue weighted by atomic mass is 32.2. The van der Waals surface area contributed by atoms with Gasteiger partial charge in [-0.05, 0) is 54.4 Å². The van der Waals surface area contributed by atoms with Crippen LogP contribution in [0.2, 0.25) is 0 Å². The molecule has 3 rings (SSSR count). The van der Waals surface area contributed by atoms with Crippen LogP contribution in [-0.2, 0) is 15.3 Å². The second-order valence-corrected chi connectivity index (χ2v) is 8.61. The summed E-state index contributed by atoms with van der Waals surface area (Å²) in [7, 11) is 1.55. The van der Waals surface area contributed by atoms with Crippen molar-refractivity contribution in [2.45, 2.75) is 17.9 Å². The third-order valence-electron chi connectivity index (χ3n) is 4.73. The Bertz CT molecular complexity index is 1100. The van der Waals surface area contributed by atoms with Crippen molar-refractivity contribution < 1.29 is 19.1 Å². The van der Waals surface area contributed by atoms with E-state index in [-0.39, 0.29) is 23.7 Å². The molecule has 0 fully saturated rings. The molecular weight excluding hydrogens is 450 g/mol. The Balaban J connectivity index is 1.40. The molecule has 0 spiro atoms. The Kier molecular flexibility index (Phi) is 9.54. The molecule has 2 N–H and O–H groups in total. The number of hydrazone groups is 1. The molecule has 2 amide bonds. The zero-order valence-corrected chi connectivity index (χ0v) is 19.9. The zero-order chi connectivity index (χ0) is 24.2. The van der Waals surface area contributed by atoms with Crippen LogP contribution in [-0.4, -0.2) is 37.0 Å². The fourth-order valence-corrected chi connectivity index (χ4v) is 3.70. The fraction of sp³-hybridized carbons (Fsp3) is 0.192. The lowest BCUT2D eigenvalue weighted by molar-refractivity contribution is -0.120. The summed E-state index contributed by atoms with van der Waals surface area (Å²) in [5.74, 6) is 1.44. The summed E-state index contributed by atoms with van der Waals surface area (Å²) in [6, 6.07) is 24.2. The molecule has 0 saturated carbocycles. The summed E-state index contributed by atoms with van der Waals surface area (Å²) in [6.45, 7) is 1.72. The van der Waals surface area contributed by atoms with Gasteiger partial charge in [0.05, 0.1) is 24.3 Å². The summed E-state index contributed by atoms with van der Waals surface area (Å²) in [4.78, 5) is 24.4. The van der Waals surface area contributed by atoms with E-state index in [0.29, 0.717) is 17.2 Å². The van der Waals surface area contributed by atoms with E-state index in [2.05, 4.69) is 15.8 Å². The predicted octanol–water partition coefficient (Wildman–Crippen LogP) is 4.48. The number of carbonyl (C=O) groups excluding carboxylic acids is 2. The molecule has 1 atom stereocenters. The number of hydrogen-bond donors (Lipinski definition) is 2. The number of anilines is 1. The summed E-state index contributed by atoms with van der Waals surface area (Å²) < 4.78 is 10.8. The maximum atomic E-state index is 12.2. The molecule has 3 aromatic rings. The summed E-state index contributed by atoms with van der Waals surface area (Å²) in [5, 5.41) is 6.56. The van der Waals surface area contributed by atoms with Gasteiger partial charge >= 0.3 is 0 Å². The topological polar surface area (TPSA) is 89.0 Å². The molecule has 176 valence electrons. The number of para-hydroxylation sites is 2. The lowest BCUT2D eigenvalue weighted by Gasteiger charge is -2.10. The van der Waals surface area contributed by atoms with E-state index in [4.69, 9.17) is 9.47 Å². The van der Waals surface area contributed by atoms with Crippen molar-refractivity contribution in [2.24, 2.45) is 5.10 Å². The lowest BCUT2D eigenvalue weighted by Crippen LogP contribution is -2.27. The molecule has 8 heteroatoms. The average Bonchev–Trinajstić information content (AvgIpc) is 2.87. The third-order valence-corrected chi connectivity index (χ3v) is 5.95. The highest BCUT2D eigenvalue weighted by molar-refractivity contribution is 7.99. The van der Waals surface area contributed by atoms with Crippen LogP contribution in [0.4, 0.5) is 5.69 Å². The molecule has 0 heterocycles. The third kappa shape index (κ3) is 7.97. The minimum absolute atomic E-state index is 0.139. The zero-order valence-electron chi connectivity index (χ0n) is 19.1. The van der Waals surface area contributed by atoms with Crippen LogP contribution in [0.15, 0.2) is 84.0 Å². The van der Waals surface area contributed by atoms with E-state index >= 15 is 0 Å². The van der Waals surface area contributed by atoms with Gasteiger partial charge in [-0.1, -0.05) is 42.5 Å². The first-order valence-corrected chi connectivity index (χ1v) is 11.7. The minimum atomic E-state index is -0.294. The van der Waals surface area contributed by atoms with E-state index in [0.717, 1.165) is 11.3 Å². The normalized spacial score (nSPS) is 11.6. The quantitative estimate of drug-likeness (QED) is 0.314. The van der Waals surface area contributed by atoms with Gasteiger partial charge < -0.3 is 14.8 Å². The van der Waals surface area contributed by atoms with Crippen molar-refractivity contribution in [2.75, 3.05) is 19.0 Å². The maximum Gasteiger partial charge on any atom is 0.262 e. The van der Waals surface area contributed by atoms with Gasteiger partial charge in [0.25, 0.3) is 11.8 Å². The SMILES string of the molecule is COc1ccccc1NC(=O)COc1ccc(/C=N\NC(=O)[C@H](C)SCc2ccccc2)cc1. The van der Waals surface area contributed by atoms with Crippen LogP contribution in [0.1, 0.15) is 18.1 Å². The van der Waals surface area contributed by atoms with Gasteiger partial charge in [0.1, 0.15) is 11.5 Å². The molecule has 0 radical (unpaired) electrons. The van der Waals surface area contributed by atoms with Crippen molar-refractivity contribution in [1.82, 2.24) is 5.43 Å². The Labute approximate surface area is 203 Å². The first-order valence-electron chi connectivity index (χ1n) is 10.7. The van der Waals surface area contributed by atoms with Crippen LogP contribution in [0, 0.1) is 0 Å². The number of amides is 2.